The van der Waals surface area contributed by atoms with Gasteiger partial charge in [-0.3, -0.25) is 9.59 Å². The van der Waals surface area contributed by atoms with Crippen LogP contribution < -0.4 is 5.32 Å². The standard InChI is InChI=1S/C11H17NO4/c1-15-9(13)11(10(14)16-2)3-7-5-12-6-8(7)4-11/h7-8,12H,3-6H2,1-2H3. The van der Waals surface area contributed by atoms with E-state index in [0.29, 0.717) is 24.7 Å². The smallest absolute Gasteiger partial charge is 0.323 e. The molecule has 0 bridgehead atoms. The summed E-state index contributed by atoms with van der Waals surface area (Å²) in [5.74, 6) is -0.126. The SMILES string of the molecule is COC(=O)C1(C(=O)OC)CC2CNCC2C1. The maximum Gasteiger partial charge on any atom is 0.323 e. The zero-order valence-electron chi connectivity index (χ0n) is 9.62. The minimum atomic E-state index is -1.05. The van der Waals surface area contributed by atoms with Gasteiger partial charge in [0.15, 0.2) is 5.41 Å². The molecule has 1 aliphatic carbocycles. The van der Waals surface area contributed by atoms with Crippen LogP contribution in [0, 0.1) is 17.3 Å². The molecule has 1 saturated heterocycles. The Kier molecular flexibility index (Phi) is 2.88. The van der Waals surface area contributed by atoms with Crippen LogP contribution in [0.3, 0.4) is 0 Å². The second-order valence-corrected chi connectivity index (χ2v) is 4.65. The highest BCUT2D eigenvalue weighted by molar-refractivity contribution is 6.00. The fraction of sp³-hybridized carbons (Fsp3) is 0.818. The first kappa shape index (κ1) is 11.4. The fourth-order valence-corrected chi connectivity index (χ4v) is 3.05. The van der Waals surface area contributed by atoms with Gasteiger partial charge in [-0.1, -0.05) is 0 Å². The molecule has 1 N–H and O–H groups in total. The van der Waals surface area contributed by atoms with Crippen LogP contribution in [0.4, 0.5) is 0 Å². The van der Waals surface area contributed by atoms with E-state index < -0.39 is 17.4 Å². The maximum absolute atomic E-state index is 11.8. The van der Waals surface area contributed by atoms with Crippen molar-refractivity contribution in [1.29, 1.82) is 0 Å². The molecule has 2 atom stereocenters. The average molecular weight is 227 g/mol. The zero-order valence-corrected chi connectivity index (χ0v) is 9.62. The van der Waals surface area contributed by atoms with Crippen LogP contribution in [0.25, 0.3) is 0 Å². The first-order chi connectivity index (χ1) is 7.64. The summed E-state index contributed by atoms with van der Waals surface area (Å²) in [6.45, 7) is 1.75. The Morgan fingerprint density at radius 3 is 1.88 bits per heavy atom. The van der Waals surface area contributed by atoms with E-state index in [0.717, 1.165) is 13.1 Å². The molecule has 0 aromatic heterocycles. The minimum Gasteiger partial charge on any atom is -0.468 e. The van der Waals surface area contributed by atoms with Gasteiger partial charge in [0.25, 0.3) is 0 Å². The van der Waals surface area contributed by atoms with Gasteiger partial charge in [0.1, 0.15) is 0 Å². The molecule has 16 heavy (non-hydrogen) atoms. The van der Waals surface area contributed by atoms with Gasteiger partial charge in [0, 0.05) is 0 Å². The molecule has 1 aliphatic heterocycles. The number of nitrogens with one attached hydrogen (secondary N) is 1. The predicted molar refractivity (Wildman–Crippen MR) is 55.5 cm³/mol. The topological polar surface area (TPSA) is 64.6 Å². The largest absolute Gasteiger partial charge is 0.468 e. The lowest BCUT2D eigenvalue weighted by molar-refractivity contribution is -0.169. The van der Waals surface area contributed by atoms with E-state index in [2.05, 4.69) is 5.32 Å². The van der Waals surface area contributed by atoms with Gasteiger partial charge in [-0.2, -0.15) is 0 Å². The molecule has 0 spiro atoms. The highest BCUT2D eigenvalue weighted by Gasteiger charge is 2.58. The summed E-state index contributed by atoms with van der Waals surface area (Å²) >= 11 is 0. The van der Waals surface area contributed by atoms with Crippen molar-refractivity contribution in [3.05, 3.63) is 0 Å². The Balaban J connectivity index is 2.24. The van der Waals surface area contributed by atoms with Crippen molar-refractivity contribution in [1.82, 2.24) is 5.32 Å². The highest BCUT2D eigenvalue weighted by Crippen LogP contribution is 2.48. The van der Waals surface area contributed by atoms with Gasteiger partial charge >= 0.3 is 11.9 Å². The van der Waals surface area contributed by atoms with Crippen LogP contribution >= 0.6 is 0 Å². The first-order valence-corrected chi connectivity index (χ1v) is 5.51. The van der Waals surface area contributed by atoms with Gasteiger partial charge in [-0.15, -0.1) is 0 Å². The van der Waals surface area contributed by atoms with Crippen molar-refractivity contribution < 1.29 is 19.1 Å². The molecular formula is C11H17NO4. The normalized spacial score (nSPS) is 30.9. The third-order valence-electron chi connectivity index (χ3n) is 3.85. The Morgan fingerprint density at radius 1 is 1.06 bits per heavy atom. The molecular weight excluding hydrogens is 210 g/mol. The molecule has 1 saturated carbocycles. The first-order valence-electron chi connectivity index (χ1n) is 5.51. The molecule has 2 rings (SSSR count). The van der Waals surface area contributed by atoms with Crippen molar-refractivity contribution in [3.63, 3.8) is 0 Å². The molecule has 0 aromatic rings. The Hall–Kier alpha value is -1.10. The summed E-state index contributed by atoms with van der Waals surface area (Å²) in [5.41, 5.74) is -1.05. The van der Waals surface area contributed by atoms with E-state index in [4.69, 9.17) is 9.47 Å². The van der Waals surface area contributed by atoms with Gasteiger partial charge < -0.3 is 14.8 Å². The third kappa shape index (κ3) is 1.50. The number of carbonyl (C=O) groups is 2. The molecule has 2 aliphatic rings. The Labute approximate surface area is 94.5 Å². The summed E-state index contributed by atoms with van der Waals surface area (Å²) < 4.78 is 9.53. The predicted octanol–water partition coefficient (Wildman–Crippen LogP) is -0.0518. The van der Waals surface area contributed by atoms with Crippen LogP contribution in [-0.4, -0.2) is 39.2 Å². The minimum absolute atomic E-state index is 0.387. The second kappa shape index (κ2) is 4.05. The van der Waals surface area contributed by atoms with Crippen molar-refractivity contribution in [2.45, 2.75) is 12.8 Å². The number of fused-ring (bicyclic) bond motifs is 1. The van der Waals surface area contributed by atoms with Gasteiger partial charge in [0.2, 0.25) is 0 Å². The van der Waals surface area contributed by atoms with Gasteiger partial charge in [-0.05, 0) is 37.8 Å². The lowest BCUT2D eigenvalue weighted by atomic mass is 9.84. The number of hydrogen-bond donors (Lipinski definition) is 1. The van der Waals surface area contributed by atoms with Crippen molar-refractivity contribution >= 4 is 11.9 Å². The fourth-order valence-electron chi connectivity index (χ4n) is 3.05. The zero-order chi connectivity index (χ0) is 11.8. The monoisotopic (exact) mass is 227 g/mol. The molecule has 0 radical (unpaired) electrons. The average Bonchev–Trinajstić information content (AvgIpc) is 2.85. The summed E-state index contributed by atoms with van der Waals surface area (Å²) in [4.78, 5) is 23.6. The van der Waals surface area contributed by atoms with E-state index in [1.165, 1.54) is 14.2 Å². The quantitative estimate of drug-likeness (QED) is 0.529. The molecule has 2 fully saturated rings. The number of rotatable bonds is 2. The lowest BCUT2D eigenvalue weighted by Crippen LogP contribution is -2.40. The van der Waals surface area contributed by atoms with E-state index >= 15 is 0 Å². The van der Waals surface area contributed by atoms with E-state index in [1.54, 1.807) is 0 Å². The number of ether oxygens (including phenoxy) is 2. The molecule has 5 heteroatoms. The molecule has 2 unspecified atom stereocenters. The number of carbonyl (C=O) groups excluding carboxylic acids is 2. The van der Waals surface area contributed by atoms with E-state index in [-0.39, 0.29) is 0 Å². The maximum atomic E-state index is 11.8. The van der Waals surface area contributed by atoms with Crippen molar-refractivity contribution in [3.8, 4) is 0 Å². The summed E-state index contributed by atoms with van der Waals surface area (Å²) in [5, 5.41) is 3.27. The molecule has 0 aromatic carbocycles. The van der Waals surface area contributed by atoms with Crippen LogP contribution in [0.15, 0.2) is 0 Å². The highest BCUT2D eigenvalue weighted by atomic mass is 16.5. The van der Waals surface area contributed by atoms with E-state index in [1.807, 2.05) is 0 Å². The Bertz CT molecular complexity index is 285. The van der Waals surface area contributed by atoms with Gasteiger partial charge in [-0.25, -0.2) is 0 Å². The van der Waals surface area contributed by atoms with Gasteiger partial charge in [0.05, 0.1) is 14.2 Å². The number of hydrogen-bond acceptors (Lipinski definition) is 5. The molecule has 5 nitrogen and oxygen atoms in total. The molecule has 90 valence electrons. The molecule has 1 heterocycles. The summed E-state index contributed by atoms with van der Waals surface area (Å²) in [6.07, 6.45) is 1.09. The van der Waals surface area contributed by atoms with Crippen LogP contribution in [0.1, 0.15) is 12.8 Å². The number of methoxy groups -OCH3 is 2. The third-order valence-corrected chi connectivity index (χ3v) is 3.85. The van der Waals surface area contributed by atoms with E-state index in [9.17, 15) is 9.59 Å². The second-order valence-electron chi connectivity index (χ2n) is 4.65. The summed E-state index contributed by atoms with van der Waals surface area (Å²) in [7, 11) is 2.64. The van der Waals surface area contributed by atoms with Crippen molar-refractivity contribution in [2.75, 3.05) is 27.3 Å². The lowest BCUT2D eigenvalue weighted by Gasteiger charge is -2.23. The Morgan fingerprint density at radius 2 is 1.50 bits per heavy atom. The summed E-state index contributed by atoms with van der Waals surface area (Å²) in [6, 6.07) is 0. The van der Waals surface area contributed by atoms with Crippen LogP contribution in [-0.2, 0) is 19.1 Å². The van der Waals surface area contributed by atoms with Crippen LogP contribution in [0.2, 0.25) is 0 Å². The number of esters is 2. The van der Waals surface area contributed by atoms with Crippen LogP contribution in [0.5, 0.6) is 0 Å². The van der Waals surface area contributed by atoms with Crippen molar-refractivity contribution in [2.24, 2.45) is 17.3 Å². The molecule has 0 amide bonds.